The predicted molar refractivity (Wildman–Crippen MR) is 81.0 cm³/mol. The van der Waals surface area contributed by atoms with Crippen molar-refractivity contribution in [2.75, 3.05) is 7.11 Å². The van der Waals surface area contributed by atoms with Crippen LogP contribution >= 0.6 is 0 Å². The van der Waals surface area contributed by atoms with E-state index in [0.717, 1.165) is 5.92 Å². The van der Waals surface area contributed by atoms with Gasteiger partial charge in [-0.15, -0.1) is 0 Å². The molecule has 1 radical (unpaired) electrons. The molecule has 2 rings (SSSR count). The van der Waals surface area contributed by atoms with Gasteiger partial charge in [0.1, 0.15) is 0 Å². The van der Waals surface area contributed by atoms with Crippen LogP contribution in [0.4, 0.5) is 0 Å². The van der Waals surface area contributed by atoms with Crippen molar-refractivity contribution in [1.82, 2.24) is 0 Å². The molecule has 2 aliphatic rings. The lowest BCUT2D eigenvalue weighted by Crippen LogP contribution is -2.27. The van der Waals surface area contributed by atoms with Crippen molar-refractivity contribution in [3.8, 4) is 0 Å². The van der Waals surface area contributed by atoms with E-state index in [1.54, 1.807) is 0 Å². The van der Waals surface area contributed by atoms with Crippen molar-refractivity contribution in [2.24, 2.45) is 5.92 Å². The molecule has 2 nitrogen and oxygen atoms in total. The summed E-state index contributed by atoms with van der Waals surface area (Å²) >= 11 is 0. The standard InChI is InChI=1S/C16H29O2Si/c1-17-19(16-11-7-4-8-12-16)18-14-13-15-9-5-2-3-6-10-15/h13-16H,2-12H2,1H3. The van der Waals surface area contributed by atoms with E-state index in [0.29, 0.717) is 5.54 Å². The van der Waals surface area contributed by atoms with E-state index >= 15 is 0 Å². The topological polar surface area (TPSA) is 18.5 Å². The normalized spacial score (nSPS) is 23.9. The van der Waals surface area contributed by atoms with Gasteiger partial charge in [0, 0.05) is 12.7 Å². The summed E-state index contributed by atoms with van der Waals surface area (Å²) in [5, 5.41) is 0. The Morgan fingerprint density at radius 1 is 0.842 bits per heavy atom. The van der Waals surface area contributed by atoms with Gasteiger partial charge in [-0.2, -0.15) is 0 Å². The molecule has 0 aromatic carbocycles. The first-order chi connectivity index (χ1) is 9.40. The van der Waals surface area contributed by atoms with Gasteiger partial charge in [0.15, 0.2) is 0 Å². The number of hydrogen-bond donors (Lipinski definition) is 0. The molecule has 0 N–H and O–H groups in total. The minimum Gasteiger partial charge on any atom is -0.525 e. The average molecular weight is 281 g/mol. The summed E-state index contributed by atoms with van der Waals surface area (Å²) < 4.78 is 11.6. The fourth-order valence-electron chi connectivity index (χ4n) is 3.37. The minimum atomic E-state index is -1.08. The Morgan fingerprint density at radius 2 is 1.42 bits per heavy atom. The van der Waals surface area contributed by atoms with Crippen molar-refractivity contribution in [1.29, 1.82) is 0 Å². The zero-order valence-corrected chi connectivity index (χ0v) is 13.4. The maximum atomic E-state index is 5.97. The molecule has 0 unspecified atom stereocenters. The fourth-order valence-corrected chi connectivity index (χ4v) is 5.08. The van der Waals surface area contributed by atoms with Crippen molar-refractivity contribution < 1.29 is 8.85 Å². The predicted octanol–water partition coefficient (Wildman–Crippen LogP) is 4.96. The third kappa shape index (κ3) is 5.31. The van der Waals surface area contributed by atoms with Gasteiger partial charge in [0.25, 0.3) is 0 Å². The second-order valence-electron chi connectivity index (χ2n) is 6.06. The molecular weight excluding hydrogens is 252 g/mol. The Morgan fingerprint density at radius 3 is 2.05 bits per heavy atom. The van der Waals surface area contributed by atoms with E-state index in [4.69, 9.17) is 8.85 Å². The fraction of sp³-hybridized carbons (Fsp3) is 0.875. The summed E-state index contributed by atoms with van der Waals surface area (Å²) in [5.74, 6) is 0.744. The van der Waals surface area contributed by atoms with E-state index in [9.17, 15) is 0 Å². The van der Waals surface area contributed by atoms with E-state index in [-0.39, 0.29) is 0 Å². The molecule has 2 saturated carbocycles. The van der Waals surface area contributed by atoms with Gasteiger partial charge in [-0.05, 0) is 37.7 Å². The highest BCUT2D eigenvalue weighted by Gasteiger charge is 2.29. The lowest BCUT2D eigenvalue weighted by Gasteiger charge is -2.25. The molecule has 2 aliphatic carbocycles. The van der Waals surface area contributed by atoms with Crippen LogP contribution in [-0.2, 0) is 8.85 Å². The largest absolute Gasteiger partial charge is 0.525 e. The molecule has 0 aliphatic heterocycles. The van der Waals surface area contributed by atoms with Crippen LogP contribution in [0.3, 0.4) is 0 Å². The molecule has 0 aromatic heterocycles. The van der Waals surface area contributed by atoms with Crippen LogP contribution in [0.2, 0.25) is 5.54 Å². The van der Waals surface area contributed by atoms with Crippen LogP contribution in [0, 0.1) is 5.92 Å². The maximum absolute atomic E-state index is 5.97. The molecule has 0 aromatic rings. The zero-order chi connectivity index (χ0) is 13.3. The molecule has 0 amide bonds. The molecule has 2 fully saturated rings. The quantitative estimate of drug-likeness (QED) is 0.403. The van der Waals surface area contributed by atoms with Crippen molar-refractivity contribution in [3.05, 3.63) is 12.3 Å². The Balaban J connectivity index is 1.74. The SMILES string of the molecule is CO[Si](OC=CC1CCCCCC1)C1CCCCC1. The monoisotopic (exact) mass is 281 g/mol. The van der Waals surface area contributed by atoms with Gasteiger partial charge in [-0.1, -0.05) is 44.9 Å². The summed E-state index contributed by atoms with van der Waals surface area (Å²) in [7, 11) is 0.741. The van der Waals surface area contributed by atoms with Gasteiger partial charge in [0.05, 0.1) is 6.26 Å². The van der Waals surface area contributed by atoms with Crippen LogP contribution in [0.1, 0.15) is 70.6 Å². The van der Waals surface area contributed by atoms with Gasteiger partial charge in [-0.3, -0.25) is 0 Å². The average Bonchev–Trinajstić information content (AvgIpc) is 2.73. The number of hydrogen-bond acceptors (Lipinski definition) is 2. The minimum absolute atomic E-state index is 0.697. The highest BCUT2D eigenvalue weighted by molar-refractivity contribution is 6.46. The van der Waals surface area contributed by atoms with Crippen LogP contribution in [0.5, 0.6) is 0 Å². The Labute approximate surface area is 120 Å². The Hall–Kier alpha value is -0.283. The van der Waals surface area contributed by atoms with E-state index < -0.39 is 9.28 Å². The molecule has 19 heavy (non-hydrogen) atoms. The number of allylic oxidation sites excluding steroid dienone is 1. The third-order valence-corrected chi connectivity index (χ3v) is 6.59. The molecule has 0 heterocycles. The summed E-state index contributed by atoms with van der Waals surface area (Å²) in [6, 6.07) is 0. The first-order valence-corrected chi connectivity index (χ1v) is 9.53. The summed E-state index contributed by atoms with van der Waals surface area (Å²) in [4.78, 5) is 0. The Kier molecular flexibility index (Phi) is 7.00. The molecule has 0 spiro atoms. The van der Waals surface area contributed by atoms with Crippen LogP contribution < -0.4 is 0 Å². The van der Waals surface area contributed by atoms with E-state index in [1.807, 2.05) is 13.4 Å². The van der Waals surface area contributed by atoms with Gasteiger partial charge < -0.3 is 8.85 Å². The van der Waals surface area contributed by atoms with E-state index in [1.165, 1.54) is 70.6 Å². The smallest absolute Gasteiger partial charge is 0.460 e. The van der Waals surface area contributed by atoms with Crippen LogP contribution in [-0.4, -0.2) is 16.4 Å². The highest BCUT2D eigenvalue weighted by Crippen LogP contribution is 2.32. The molecule has 0 atom stereocenters. The molecule has 3 heteroatoms. The first kappa shape index (κ1) is 15.1. The van der Waals surface area contributed by atoms with Gasteiger partial charge in [0.2, 0.25) is 0 Å². The van der Waals surface area contributed by atoms with E-state index in [2.05, 4.69) is 6.08 Å². The first-order valence-electron chi connectivity index (χ1n) is 8.14. The maximum Gasteiger partial charge on any atom is 0.460 e. The molecule has 0 bridgehead atoms. The van der Waals surface area contributed by atoms with Crippen molar-refractivity contribution in [3.63, 3.8) is 0 Å². The van der Waals surface area contributed by atoms with Crippen molar-refractivity contribution in [2.45, 2.75) is 76.2 Å². The second-order valence-corrected chi connectivity index (χ2v) is 8.15. The second kappa shape index (κ2) is 8.80. The lowest BCUT2D eigenvalue weighted by molar-refractivity contribution is 0.275. The zero-order valence-electron chi connectivity index (χ0n) is 12.4. The summed E-state index contributed by atoms with van der Waals surface area (Å²) in [6.07, 6.45) is 19.3. The molecular formula is C16H29O2Si. The van der Waals surface area contributed by atoms with Gasteiger partial charge in [-0.25, -0.2) is 0 Å². The number of rotatable bonds is 5. The lowest BCUT2D eigenvalue weighted by atomic mass is 10.0. The summed E-state index contributed by atoms with van der Waals surface area (Å²) in [5.41, 5.74) is 0.697. The Bertz CT molecular complexity index is 253. The van der Waals surface area contributed by atoms with Crippen molar-refractivity contribution >= 4 is 9.28 Å². The van der Waals surface area contributed by atoms with Crippen LogP contribution in [0.25, 0.3) is 0 Å². The summed E-state index contributed by atoms with van der Waals surface area (Å²) in [6.45, 7) is 0. The third-order valence-electron chi connectivity index (χ3n) is 4.57. The molecule has 0 saturated heterocycles. The van der Waals surface area contributed by atoms with Crippen LogP contribution in [0.15, 0.2) is 12.3 Å². The highest BCUT2D eigenvalue weighted by atomic mass is 28.3. The molecule has 109 valence electrons. The van der Waals surface area contributed by atoms with Gasteiger partial charge >= 0.3 is 9.28 Å².